The highest BCUT2D eigenvalue weighted by Crippen LogP contribution is 2.06. The molecule has 0 spiro atoms. The molecule has 1 aromatic carbocycles. The number of hydrazine groups is 1. The fraction of sp³-hybridized carbons (Fsp3) is 0.143. The Kier molecular flexibility index (Phi) is 2.83. The average molecular weight is 155 g/mol. The summed E-state index contributed by atoms with van der Waals surface area (Å²) in [7, 11) is 0. The highest BCUT2D eigenvalue weighted by Gasteiger charge is 1.89. The Bertz CT molecular complexity index is 209. The number of hydrogen-bond donors (Lipinski definition) is 3. The van der Waals surface area contributed by atoms with Crippen LogP contribution in [0, 0.1) is 5.82 Å². The zero-order valence-corrected chi connectivity index (χ0v) is 5.97. The number of benzene rings is 1. The van der Waals surface area contributed by atoms with Gasteiger partial charge >= 0.3 is 0 Å². The van der Waals surface area contributed by atoms with Crippen LogP contribution in [0.15, 0.2) is 24.3 Å². The Balaban J connectivity index is 2.52. The Labute approximate surface area is 64.4 Å². The van der Waals surface area contributed by atoms with E-state index in [1.807, 2.05) is 0 Å². The van der Waals surface area contributed by atoms with Gasteiger partial charge in [0.05, 0.1) is 6.67 Å². The van der Waals surface area contributed by atoms with E-state index in [1.54, 1.807) is 12.1 Å². The largest absolute Gasteiger partial charge is 0.371 e. The first-order valence-electron chi connectivity index (χ1n) is 3.26. The molecule has 0 aromatic heterocycles. The maximum atomic E-state index is 12.3. The average Bonchev–Trinajstić information content (AvgIpc) is 2.04. The Morgan fingerprint density at radius 2 is 1.91 bits per heavy atom. The van der Waals surface area contributed by atoms with Gasteiger partial charge in [-0.15, -0.1) is 0 Å². The van der Waals surface area contributed by atoms with Crippen molar-refractivity contribution < 1.29 is 4.39 Å². The molecule has 0 radical (unpaired) electrons. The summed E-state index contributed by atoms with van der Waals surface area (Å²) in [5.74, 6) is 4.78. The lowest BCUT2D eigenvalue weighted by Crippen LogP contribution is -2.28. The van der Waals surface area contributed by atoms with Gasteiger partial charge in [-0.3, -0.25) is 5.84 Å². The fourth-order valence-corrected chi connectivity index (χ4v) is 0.721. The molecule has 0 aliphatic carbocycles. The first-order valence-corrected chi connectivity index (χ1v) is 3.26. The summed E-state index contributed by atoms with van der Waals surface area (Å²) < 4.78 is 12.3. The van der Waals surface area contributed by atoms with Gasteiger partial charge in [-0.1, -0.05) is 0 Å². The smallest absolute Gasteiger partial charge is 0.123 e. The monoisotopic (exact) mass is 155 g/mol. The van der Waals surface area contributed by atoms with Crippen LogP contribution in [-0.2, 0) is 0 Å². The van der Waals surface area contributed by atoms with Gasteiger partial charge in [0.2, 0.25) is 0 Å². The molecule has 4 N–H and O–H groups in total. The van der Waals surface area contributed by atoms with Crippen molar-refractivity contribution in [2.24, 2.45) is 5.84 Å². The zero-order chi connectivity index (χ0) is 8.10. The first-order chi connectivity index (χ1) is 5.33. The summed E-state index contributed by atoms with van der Waals surface area (Å²) in [4.78, 5) is 0. The van der Waals surface area contributed by atoms with Gasteiger partial charge < -0.3 is 5.32 Å². The van der Waals surface area contributed by atoms with Crippen molar-refractivity contribution in [3.63, 3.8) is 0 Å². The Morgan fingerprint density at radius 1 is 1.27 bits per heavy atom. The molecule has 1 aromatic rings. The second-order valence-corrected chi connectivity index (χ2v) is 2.06. The van der Waals surface area contributed by atoms with E-state index in [0.717, 1.165) is 5.69 Å². The van der Waals surface area contributed by atoms with Gasteiger partial charge in [0.1, 0.15) is 5.82 Å². The molecule has 3 nitrogen and oxygen atoms in total. The summed E-state index contributed by atoms with van der Waals surface area (Å²) in [6.07, 6.45) is 0. The minimum atomic E-state index is -0.240. The third-order valence-corrected chi connectivity index (χ3v) is 1.24. The van der Waals surface area contributed by atoms with Crippen LogP contribution in [0.25, 0.3) is 0 Å². The van der Waals surface area contributed by atoms with Gasteiger partial charge in [0, 0.05) is 5.69 Å². The standard InChI is InChI=1S/C7H10FN3/c8-6-1-3-7(4-2-6)10-5-11-9/h1-4,10-11H,5,9H2. The van der Waals surface area contributed by atoms with Crippen molar-refractivity contribution in [3.05, 3.63) is 30.1 Å². The van der Waals surface area contributed by atoms with Crippen molar-refractivity contribution in [2.75, 3.05) is 12.0 Å². The van der Waals surface area contributed by atoms with Crippen molar-refractivity contribution in [1.29, 1.82) is 0 Å². The number of rotatable bonds is 3. The van der Waals surface area contributed by atoms with E-state index in [9.17, 15) is 4.39 Å². The van der Waals surface area contributed by atoms with E-state index in [2.05, 4.69) is 10.7 Å². The van der Waals surface area contributed by atoms with Gasteiger partial charge in [-0.05, 0) is 24.3 Å². The van der Waals surface area contributed by atoms with Crippen molar-refractivity contribution in [1.82, 2.24) is 5.43 Å². The molecule has 0 saturated heterocycles. The lowest BCUT2D eigenvalue weighted by atomic mass is 10.3. The number of halogens is 1. The molecule has 0 bridgehead atoms. The van der Waals surface area contributed by atoms with Gasteiger partial charge in [0.15, 0.2) is 0 Å². The van der Waals surface area contributed by atoms with Crippen LogP contribution in [0.3, 0.4) is 0 Å². The highest BCUT2D eigenvalue weighted by molar-refractivity contribution is 5.42. The second-order valence-electron chi connectivity index (χ2n) is 2.06. The normalized spacial score (nSPS) is 9.64. The Morgan fingerprint density at radius 3 is 2.45 bits per heavy atom. The van der Waals surface area contributed by atoms with Crippen LogP contribution in [-0.4, -0.2) is 6.67 Å². The molecule has 60 valence electrons. The third-order valence-electron chi connectivity index (χ3n) is 1.24. The molecule has 0 fully saturated rings. The molecule has 1 rings (SSSR count). The number of nitrogens with one attached hydrogen (secondary N) is 2. The molecule has 0 aliphatic rings. The Hall–Kier alpha value is -1.13. The van der Waals surface area contributed by atoms with Gasteiger partial charge in [-0.25, -0.2) is 9.82 Å². The van der Waals surface area contributed by atoms with E-state index in [-0.39, 0.29) is 5.82 Å². The van der Waals surface area contributed by atoms with Crippen LogP contribution in [0.1, 0.15) is 0 Å². The lowest BCUT2D eigenvalue weighted by Gasteiger charge is -2.03. The topological polar surface area (TPSA) is 50.1 Å². The molecule has 0 heterocycles. The van der Waals surface area contributed by atoms with Crippen LogP contribution >= 0.6 is 0 Å². The maximum Gasteiger partial charge on any atom is 0.123 e. The van der Waals surface area contributed by atoms with Crippen molar-refractivity contribution in [2.45, 2.75) is 0 Å². The predicted molar refractivity (Wildman–Crippen MR) is 42.2 cm³/mol. The fourth-order valence-electron chi connectivity index (χ4n) is 0.721. The van der Waals surface area contributed by atoms with Gasteiger partial charge in [-0.2, -0.15) is 0 Å². The zero-order valence-electron chi connectivity index (χ0n) is 5.97. The summed E-state index contributed by atoms with van der Waals surface area (Å²) in [5, 5.41) is 2.92. The van der Waals surface area contributed by atoms with Crippen molar-refractivity contribution >= 4 is 5.69 Å². The molecule has 0 unspecified atom stereocenters. The number of nitrogens with two attached hydrogens (primary N) is 1. The van der Waals surface area contributed by atoms with Crippen LogP contribution in [0.5, 0.6) is 0 Å². The predicted octanol–water partition coefficient (Wildman–Crippen LogP) is 0.658. The third kappa shape index (κ3) is 2.53. The molecule has 0 atom stereocenters. The highest BCUT2D eigenvalue weighted by atomic mass is 19.1. The van der Waals surface area contributed by atoms with E-state index >= 15 is 0 Å². The number of hydrogen-bond acceptors (Lipinski definition) is 3. The van der Waals surface area contributed by atoms with Crippen LogP contribution < -0.4 is 16.6 Å². The second kappa shape index (κ2) is 3.90. The molecule has 11 heavy (non-hydrogen) atoms. The van der Waals surface area contributed by atoms with Crippen LogP contribution in [0.4, 0.5) is 10.1 Å². The molecule has 0 amide bonds. The van der Waals surface area contributed by atoms with E-state index in [4.69, 9.17) is 5.84 Å². The summed E-state index contributed by atoms with van der Waals surface area (Å²) in [6.45, 7) is 0.464. The SMILES string of the molecule is NNCNc1ccc(F)cc1. The summed E-state index contributed by atoms with van der Waals surface area (Å²) in [6, 6.07) is 6.07. The molecule has 4 heteroatoms. The minimum Gasteiger partial charge on any atom is -0.371 e. The van der Waals surface area contributed by atoms with E-state index < -0.39 is 0 Å². The minimum absolute atomic E-state index is 0.240. The van der Waals surface area contributed by atoms with Gasteiger partial charge in [0.25, 0.3) is 0 Å². The molecular weight excluding hydrogens is 145 g/mol. The molecule has 0 saturated carbocycles. The molecular formula is C7H10FN3. The summed E-state index contributed by atoms with van der Waals surface area (Å²) in [5.41, 5.74) is 3.26. The first kappa shape index (κ1) is 7.97. The quantitative estimate of drug-likeness (QED) is 0.341. The van der Waals surface area contributed by atoms with E-state index in [0.29, 0.717) is 6.67 Å². The van der Waals surface area contributed by atoms with Crippen molar-refractivity contribution in [3.8, 4) is 0 Å². The number of anilines is 1. The maximum absolute atomic E-state index is 12.3. The van der Waals surface area contributed by atoms with E-state index in [1.165, 1.54) is 12.1 Å². The lowest BCUT2D eigenvalue weighted by molar-refractivity contribution is 0.628. The summed E-state index contributed by atoms with van der Waals surface area (Å²) >= 11 is 0. The van der Waals surface area contributed by atoms with Crippen LogP contribution in [0.2, 0.25) is 0 Å². The molecule has 0 aliphatic heterocycles.